The fraction of sp³-hybridized carbons (Fsp3) is 0.267. The molecule has 1 unspecified atom stereocenters. The summed E-state index contributed by atoms with van der Waals surface area (Å²) >= 11 is 0. The van der Waals surface area contributed by atoms with E-state index in [2.05, 4.69) is 43.1 Å². The zero-order chi connectivity index (χ0) is 12.3. The van der Waals surface area contributed by atoms with Crippen molar-refractivity contribution in [3.63, 3.8) is 0 Å². The SMILES string of the molecule is CCc1cnccc1C(N)c1cccc(C)c1. The monoisotopic (exact) mass is 226 g/mol. The molecule has 0 spiro atoms. The van der Waals surface area contributed by atoms with Crippen LogP contribution in [0, 0.1) is 6.92 Å². The summed E-state index contributed by atoms with van der Waals surface area (Å²) in [5.74, 6) is 0. The van der Waals surface area contributed by atoms with Crippen LogP contribution in [0.4, 0.5) is 0 Å². The Labute approximate surface area is 103 Å². The third kappa shape index (κ3) is 2.53. The Morgan fingerprint density at radius 3 is 2.82 bits per heavy atom. The number of hydrogen-bond acceptors (Lipinski definition) is 2. The molecule has 1 heterocycles. The van der Waals surface area contributed by atoms with E-state index in [1.165, 1.54) is 16.7 Å². The molecule has 1 atom stereocenters. The number of nitrogens with zero attached hydrogens (tertiary/aromatic N) is 1. The summed E-state index contributed by atoms with van der Waals surface area (Å²) in [6, 6.07) is 10.3. The van der Waals surface area contributed by atoms with Gasteiger partial charge in [-0.3, -0.25) is 4.98 Å². The summed E-state index contributed by atoms with van der Waals surface area (Å²) in [6.07, 6.45) is 4.68. The zero-order valence-electron chi connectivity index (χ0n) is 10.4. The lowest BCUT2D eigenvalue weighted by atomic mass is 9.95. The Morgan fingerprint density at radius 2 is 2.12 bits per heavy atom. The average molecular weight is 226 g/mol. The Morgan fingerprint density at radius 1 is 1.29 bits per heavy atom. The minimum absolute atomic E-state index is 0.0622. The summed E-state index contributed by atoms with van der Waals surface area (Å²) in [6.45, 7) is 4.22. The van der Waals surface area contributed by atoms with Gasteiger partial charge >= 0.3 is 0 Å². The number of hydrogen-bond donors (Lipinski definition) is 1. The number of aryl methyl sites for hydroxylation is 2. The van der Waals surface area contributed by atoms with E-state index in [1.807, 2.05) is 18.5 Å². The maximum absolute atomic E-state index is 6.33. The molecule has 0 radical (unpaired) electrons. The van der Waals surface area contributed by atoms with Crippen LogP contribution in [-0.2, 0) is 6.42 Å². The Balaban J connectivity index is 2.40. The number of rotatable bonds is 3. The van der Waals surface area contributed by atoms with Crippen molar-refractivity contribution in [2.45, 2.75) is 26.3 Å². The van der Waals surface area contributed by atoms with Gasteiger partial charge in [0, 0.05) is 12.4 Å². The lowest BCUT2D eigenvalue weighted by molar-refractivity contribution is 0.842. The van der Waals surface area contributed by atoms with Gasteiger partial charge in [-0.25, -0.2) is 0 Å². The van der Waals surface area contributed by atoms with Gasteiger partial charge in [0.15, 0.2) is 0 Å². The van der Waals surface area contributed by atoms with E-state index in [0.29, 0.717) is 0 Å². The quantitative estimate of drug-likeness (QED) is 0.873. The molecule has 2 heteroatoms. The molecular formula is C15H18N2. The highest BCUT2D eigenvalue weighted by Gasteiger charge is 2.12. The van der Waals surface area contributed by atoms with Gasteiger partial charge in [-0.1, -0.05) is 36.8 Å². The molecule has 0 aliphatic carbocycles. The standard InChI is InChI=1S/C15H18N2/c1-3-12-10-17-8-7-14(12)15(16)13-6-4-5-11(2)9-13/h4-10,15H,3,16H2,1-2H3. The summed E-state index contributed by atoms with van der Waals surface area (Å²) in [4.78, 5) is 4.15. The molecule has 1 aromatic carbocycles. The highest BCUT2D eigenvalue weighted by atomic mass is 14.7. The van der Waals surface area contributed by atoms with Gasteiger partial charge in [0.1, 0.15) is 0 Å². The minimum atomic E-state index is -0.0622. The molecule has 0 saturated heterocycles. The molecule has 1 aromatic heterocycles. The van der Waals surface area contributed by atoms with Crippen LogP contribution in [0.3, 0.4) is 0 Å². The van der Waals surface area contributed by atoms with Crippen LogP contribution >= 0.6 is 0 Å². The molecular weight excluding hydrogens is 208 g/mol. The zero-order valence-corrected chi connectivity index (χ0v) is 10.4. The molecule has 0 aliphatic heterocycles. The van der Waals surface area contributed by atoms with Gasteiger partial charge in [-0.05, 0) is 36.1 Å². The van der Waals surface area contributed by atoms with Crippen molar-refractivity contribution in [1.82, 2.24) is 4.98 Å². The normalized spacial score (nSPS) is 12.4. The van der Waals surface area contributed by atoms with Crippen molar-refractivity contribution >= 4 is 0 Å². The van der Waals surface area contributed by atoms with Gasteiger partial charge in [0.05, 0.1) is 6.04 Å². The first-order valence-corrected chi connectivity index (χ1v) is 5.97. The van der Waals surface area contributed by atoms with Crippen LogP contribution in [0.15, 0.2) is 42.7 Å². The van der Waals surface area contributed by atoms with Crippen molar-refractivity contribution in [3.05, 3.63) is 65.0 Å². The highest BCUT2D eigenvalue weighted by Crippen LogP contribution is 2.23. The van der Waals surface area contributed by atoms with Gasteiger partial charge < -0.3 is 5.73 Å². The Hall–Kier alpha value is -1.67. The van der Waals surface area contributed by atoms with E-state index in [9.17, 15) is 0 Å². The maximum Gasteiger partial charge on any atom is 0.0555 e. The average Bonchev–Trinajstić information content (AvgIpc) is 2.38. The Bertz CT molecular complexity index is 506. The smallest absolute Gasteiger partial charge is 0.0555 e. The predicted molar refractivity (Wildman–Crippen MR) is 70.8 cm³/mol. The van der Waals surface area contributed by atoms with Gasteiger partial charge in [-0.2, -0.15) is 0 Å². The molecule has 17 heavy (non-hydrogen) atoms. The lowest BCUT2D eigenvalue weighted by Gasteiger charge is -2.16. The highest BCUT2D eigenvalue weighted by molar-refractivity contribution is 5.36. The second kappa shape index (κ2) is 5.11. The molecule has 2 rings (SSSR count). The summed E-state index contributed by atoms with van der Waals surface area (Å²) < 4.78 is 0. The fourth-order valence-electron chi connectivity index (χ4n) is 2.08. The van der Waals surface area contributed by atoms with Gasteiger partial charge in [-0.15, -0.1) is 0 Å². The van der Waals surface area contributed by atoms with Crippen molar-refractivity contribution in [3.8, 4) is 0 Å². The van der Waals surface area contributed by atoms with E-state index in [4.69, 9.17) is 5.73 Å². The first-order chi connectivity index (χ1) is 8.22. The van der Waals surface area contributed by atoms with Crippen LogP contribution in [0.5, 0.6) is 0 Å². The van der Waals surface area contributed by atoms with E-state index in [0.717, 1.165) is 12.0 Å². The van der Waals surface area contributed by atoms with Gasteiger partial charge in [0.2, 0.25) is 0 Å². The second-order valence-corrected chi connectivity index (χ2v) is 4.32. The summed E-state index contributed by atoms with van der Waals surface area (Å²) in [5.41, 5.74) is 11.1. The minimum Gasteiger partial charge on any atom is -0.320 e. The molecule has 0 saturated carbocycles. The number of nitrogens with two attached hydrogens (primary N) is 1. The molecule has 88 valence electrons. The molecule has 0 fully saturated rings. The number of pyridine rings is 1. The van der Waals surface area contributed by atoms with Crippen LogP contribution in [0.1, 0.15) is 35.2 Å². The lowest BCUT2D eigenvalue weighted by Crippen LogP contribution is -2.14. The molecule has 0 bridgehead atoms. The van der Waals surface area contributed by atoms with Crippen molar-refractivity contribution < 1.29 is 0 Å². The number of benzene rings is 1. The van der Waals surface area contributed by atoms with Gasteiger partial charge in [0.25, 0.3) is 0 Å². The van der Waals surface area contributed by atoms with E-state index in [-0.39, 0.29) is 6.04 Å². The topological polar surface area (TPSA) is 38.9 Å². The van der Waals surface area contributed by atoms with Crippen LogP contribution < -0.4 is 5.73 Å². The summed E-state index contributed by atoms with van der Waals surface area (Å²) in [5, 5.41) is 0. The van der Waals surface area contributed by atoms with Crippen molar-refractivity contribution in [2.75, 3.05) is 0 Å². The molecule has 2 aromatic rings. The Kier molecular flexibility index (Phi) is 3.55. The van der Waals surface area contributed by atoms with E-state index < -0.39 is 0 Å². The number of aromatic nitrogens is 1. The van der Waals surface area contributed by atoms with Crippen LogP contribution in [0.25, 0.3) is 0 Å². The molecule has 2 nitrogen and oxygen atoms in total. The molecule has 2 N–H and O–H groups in total. The summed E-state index contributed by atoms with van der Waals surface area (Å²) in [7, 11) is 0. The first-order valence-electron chi connectivity index (χ1n) is 5.97. The fourth-order valence-corrected chi connectivity index (χ4v) is 2.08. The third-order valence-electron chi connectivity index (χ3n) is 3.06. The van der Waals surface area contributed by atoms with E-state index in [1.54, 1.807) is 0 Å². The largest absolute Gasteiger partial charge is 0.320 e. The molecule has 0 aliphatic rings. The predicted octanol–water partition coefficient (Wildman–Crippen LogP) is 3.00. The molecule has 0 amide bonds. The first kappa shape index (κ1) is 11.8. The third-order valence-corrected chi connectivity index (χ3v) is 3.06. The second-order valence-electron chi connectivity index (χ2n) is 4.32. The van der Waals surface area contributed by atoms with Crippen molar-refractivity contribution in [1.29, 1.82) is 0 Å². The van der Waals surface area contributed by atoms with Crippen LogP contribution in [0.2, 0.25) is 0 Å². The maximum atomic E-state index is 6.33. The van der Waals surface area contributed by atoms with E-state index >= 15 is 0 Å². The van der Waals surface area contributed by atoms with Crippen LogP contribution in [-0.4, -0.2) is 4.98 Å². The van der Waals surface area contributed by atoms with Crippen molar-refractivity contribution in [2.24, 2.45) is 5.73 Å².